The highest BCUT2D eigenvalue weighted by Gasteiger charge is 2.44. The van der Waals surface area contributed by atoms with Crippen LogP contribution in [0.4, 0.5) is 18.0 Å². The normalized spacial score (nSPS) is 20.9. The maximum atomic E-state index is 14.7. The number of benzene rings is 1. The fraction of sp³-hybridized carbons (Fsp3) is 0.538. The number of nitrogens with two attached hydrogens (primary N) is 1. The van der Waals surface area contributed by atoms with Crippen LogP contribution >= 0.6 is 0 Å². The molecule has 1 saturated carbocycles. The van der Waals surface area contributed by atoms with Crippen molar-refractivity contribution in [1.29, 1.82) is 0 Å². The second-order valence-corrected chi connectivity index (χ2v) is 11.1. The molecule has 2 aromatic rings. The summed E-state index contributed by atoms with van der Waals surface area (Å²) in [6.45, 7) is 6.33. The number of amides is 2. The number of hydrogen-bond acceptors (Lipinski definition) is 5. The molecule has 3 atom stereocenters. The summed E-state index contributed by atoms with van der Waals surface area (Å²) in [6, 6.07) is -0.458. The molecule has 2 aliphatic rings. The quantitative estimate of drug-likeness (QED) is 0.589. The first-order valence-electron chi connectivity index (χ1n) is 12.4. The predicted molar refractivity (Wildman–Crippen MR) is 130 cm³/mol. The Kier molecular flexibility index (Phi) is 7.20. The molecule has 3 N–H and O–H groups in total. The molecule has 0 spiro atoms. The fourth-order valence-electron chi connectivity index (χ4n) is 5.40. The monoisotopic (exact) mass is 519 g/mol. The van der Waals surface area contributed by atoms with Crippen LogP contribution in [-0.4, -0.2) is 52.0 Å². The minimum Gasteiger partial charge on any atom is -0.369 e. The molecule has 1 aromatic heterocycles. The molecule has 2 amide bonds. The van der Waals surface area contributed by atoms with Crippen LogP contribution in [0.2, 0.25) is 0 Å². The van der Waals surface area contributed by atoms with Gasteiger partial charge in [0.1, 0.15) is 11.5 Å². The summed E-state index contributed by atoms with van der Waals surface area (Å²) in [5, 5.41) is 7.12. The molecule has 1 aliphatic carbocycles. The van der Waals surface area contributed by atoms with E-state index in [1.54, 1.807) is 20.8 Å². The largest absolute Gasteiger partial charge is 0.369 e. The van der Waals surface area contributed by atoms with Crippen LogP contribution in [0.3, 0.4) is 0 Å². The van der Waals surface area contributed by atoms with Crippen molar-refractivity contribution >= 4 is 17.7 Å². The van der Waals surface area contributed by atoms with E-state index in [0.717, 1.165) is 10.7 Å². The number of likely N-dealkylation sites (N-methyl/N-ethyl adjacent to an activating group) is 1. The first-order valence-corrected chi connectivity index (χ1v) is 12.4. The van der Waals surface area contributed by atoms with Gasteiger partial charge >= 0.3 is 6.03 Å². The molecule has 1 aromatic carbocycles. The first-order chi connectivity index (χ1) is 17.3. The van der Waals surface area contributed by atoms with Gasteiger partial charge in [0.25, 0.3) is 0 Å². The molecule has 37 heavy (non-hydrogen) atoms. The molecule has 4 rings (SSSR count). The van der Waals surface area contributed by atoms with E-state index in [-0.39, 0.29) is 17.0 Å². The number of primary amides is 1. The van der Waals surface area contributed by atoms with E-state index < -0.39 is 52.7 Å². The van der Waals surface area contributed by atoms with Gasteiger partial charge in [-0.25, -0.2) is 18.0 Å². The number of carbonyl (C=O) groups is 3. The zero-order chi connectivity index (χ0) is 27.2. The Hall–Kier alpha value is -3.21. The molecule has 0 bridgehead atoms. The summed E-state index contributed by atoms with van der Waals surface area (Å²) < 4.78 is 43.4. The van der Waals surface area contributed by atoms with Crippen molar-refractivity contribution in [3.63, 3.8) is 0 Å². The molecule has 11 heteroatoms. The predicted octanol–water partition coefficient (Wildman–Crippen LogP) is 3.40. The van der Waals surface area contributed by atoms with Crippen LogP contribution in [0.25, 0.3) is 11.3 Å². The third-order valence-corrected chi connectivity index (χ3v) is 7.37. The molecule has 1 fully saturated rings. The SMILES string of the molecule is CN1CCc2c(c(-c3cc(F)c(F)cc3F)nn2C(=O)N[C@H](C(=O)C2CCC[C@H]2C(N)=O)C(C)(C)C)C1. The van der Waals surface area contributed by atoms with Crippen LogP contribution < -0.4 is 11.1 Å². The van der Waals surface area contributed by atoms with Crippen molar-refractivity contribution in [2.75, 3.05) is 13.6 Å². The number of halogens is 3. The van der Waals surface area contributed by atoms with Crippen molar-refractivity contribution in [3.05, 3.63) is 40.8 Å². The number of carbonyl (C=O) groups excluding carboxylic acids is 3. The number of Topliss-reactive ketones (excluding diaryl/α,β-unsaturated/α-hetero) is 1. The molecule has 0 radical (unpaired) electrons. The van der Waals surface area contributed by atoms with Gasteiger partial charge in [-0.3, -0.25) is 9.59 Å². The smallest absolute Gasteiger partial charge is 0.342 e. The fourth-order valence-corrected chi connectivity index (χ4v) is 5.40. The average molecular weight is 520 g/mol. The van der Waals surface area contributed by atoms with Crippen molar-refractivity contribution in [3.8, 4) is 11.3 Å². The van der Waals surface area contributed by atoms with E-state index in [9.17, 15) is 27.6 Å². The van der Waals surface area contributed by atoms with Gasteiger partial charge in [0.15, 0.2) is 17.4 Å². The van der Waals surface area contributed by atoms with Crippen LogP contribution in [-0.2, 0) is 22.6 Å². The van der Waals surface area contributed by atoms with E-state index >= 15 is 0 Å². The number of nitrogens with one attached hydrogen (secondary N) is 1. The lowest BCUT2D eigenvalue weighted by Gasteiger charge is -2.33. The first kappa shape index (κ1) is 26.8. The third kappa shape index (κ3) is 5.14. The lowest BCUT2D eigenvalue weighted by Crippen LogP contribution is -2.53. The van der Waals surface area contributed by atoms with E-state index in [2.05, 4.69) is 10.4 Å². The molecule has 2 heterocycles. The van der Waals surface area contributed by atoms with Crippen molar-refractivity contribution < 1.29 is 27.6 Å². The standard InChI is InChI=1S/C26H32F3N5O3/c1-26(2,3)23(22(35)13-6-5-7-14(13)24(30)36)31-25(37)34-20-8-9-33(4)12-16(20)21(32-34)15-10-18(28)19(29)11-17(15)27/h10-11,13-14,23H,5-9,12H2,1-4H3,(H2,30,36)(H,31,37)/t13?,14-,23-/m1/s1. The second-order valence-electron chi connectivity index (χ2n) is 11.1. The maximum absolute atomic E-state index is 14.7. The Morgan fingerprint density at radius 2 is 1.73 bits per heavy atom. The molecule has 8 nitrogen and oxygen atoms in total. The van der Waals surface area contributed by atoms with Crippen molar-refractivity contribution in [2.24, 2.45) is 23.0 Å². The minimum atomic E-state index is -1.32. The summed E-state index contributed by atoms with van der Waals surface area (Å²) in [5.74, 6) is -5.52. The topological polar surface area (TPSA) is 110 Å². The maximum Gasteiger partial charge on any atom is 0.342 e. The summed E-state index contributed by atoms with van der Waals surface area (Å²) in [5.41, 5.74) is 5.65. The molecule has 1 unspecified atom stereocenters. The summed E-state index contributed by atoms with van der Waals surface area (Å²) in [7, 11) is 1.84. The third-order valence-electron chi connectivity index (χ3n) is 7.37. The zero-order valence-electron chi connectivity index (χ0n) is 21.4. The van der Waals surface area contributed by atoms with E-state index in [4.69, 9.17) is 5.73 Å². The molecular formula is C26H32F3N5O3. The van der Waals surface area contributed by atoms with E-state index in [1.165, 1.54) is 0 Å². The van der Waals surface area contributed by atoms with Gasteiger partial charge in [0.2, 0.25) is 5.91 Å². The Morgan fingerprint density at radius 3 is 2.38 bits per heavy atom. The van der Waals surface area contributed by atoms with Crippen LogP contribution in [0.15, 0.2) is 12.1 Å². The number of ketones is 1. The Labute approximate surface area is 213 Å². The highest BCUT2D eigenvalue weighted by atomic mass is 19.2. The van der Waals surface area contributed by atoms with Crippen LogP contribution in [0.1, 0.15) is 51.3 Å². The lowest BCUT2D eigenvalue weighted by molar-refractivity contribution is -0.133. The molecule has 200 valence electrons. The molecule has 1 aliphatic heterocycles. The lowest BCUT2D eigenvalue weighted by atomic mass is 9.77. The van der Waals surface area contributed by atoms with Gasteiger partial charge in [-0.2, -0.15) is 9.78 Å². The number of rotatable bonds is 5. The van der Waals surface area contributed by atoms with Gasteiger partial charge in [-0.15, -0.1) is 0 Å². The van der Waals surface area contributed by atoms with Crippen LogP contribution in [0.5, 0.6) is 0 Å². The molecule has 0 saturated heterocycles. The Morgan fingerprint density at radius 1 is 1.08 bits per heavy atom. The zero-order valence-corrected chi connectivity index (χ0v) is 21.4. The van der Waals surface area contributed by atoms with Crippen molar-refractivity contribution in [1.82, 2.24) is 20.0 Å². The van der Waals surface area contributed by atoms with Crippen LogP contribution in [0, 0.1) is 34.7 Å². The van der Waals surface area contributed by atoms with E-state index in [1.807, 2.05) is 11.9 Å². The minimum absolute atomic E-state index is 0.0383. The van der Waals surface area contributed by atoms with Gasteiger partial charge in [0, 0.05) is 48.5 Å². The number of aromatic nitrogens is 2. The number of fused-ring (bicyclic) bond motifs is 1. The van der Waals surface area contributed by atoms with Gasteiger partial charge in [0.05, 0.1) is 11.7 Å². The Balaban J connectivity index is 1.72. The Bertz CT molecular complexity index is 1250. The number of nitrogens with zero attached hydrogens (tertiary/aromatic N) is 3. The average Bonchev–Trinajstić information content (AvgIpc) is 3.44. The summed E-state index contributed by atoms with van der Waals surface area (Å²) >= 11 is 0. The van der Waals surface area contributed by atoms with E-state index in [0.29, 0.717) is 56.1 Å². The van der Waals surface area contributed by atoms with Gasteiger partial charge in [-0.05, 0) is 31.4 Å². The van der Waals surface area contributed by atoms with Crippen molar-refractivity contribution in [2.45, 2.75) is 59.0 Å². The van der Waals surface area contributed by atoms with Gasteiger partial charge < -0.3 is 16.0 Å². The highest BCUT2D eigenvalue weighted by Crippen LogP contribution is 2.36. The number of hydrogen-bond donors (Lipinski definition) is 2. The highest BCUT2D eigenvalue weighted by molar-refractivity contribution is 5.95. The summed E-state index contributed by atoms with van der Waals surface area (Å²) in [6.07, 6.45) is 2.13. The molecular weight excluding hydrogens is 487 g/mol. The second kappa shape index (κ2) is 9.92. The summed E-state index contributed by atoms with van der Waals surface area (Å²) in [4.78, 5) is 41.0. The van der Waals surface area contributed by atoms with Gasteiger partial charge in [-0.1, -0.05) is 27.2 Å².